The van der Waals surface area contributed by atoms with Gasteiger partial charge < -0.3 is 4.74 Å². The van der Waals surface area contributed by atoms with Crippen molar-refractivity contribution in [3.63, 3.8) is 0 Å². The van der Waals surface area contributed by atoms with Gasteiger partial charge in [0.25, 0.3) is 0 Å². The molecule has 0 aliphatic heterocycles. The van der Waals surface area contributed by atoms with Crippen LogP contribution in [0.1, 0.15) is 25.7 Å². The molecule has 0 bridgehead atoms. The van der Waals surface area contributed by atoms with Gasteiger partial charge in [0, 0.05) is 25.9 Å². The van der Waals surface area contributed by atoms with Crippen molar-refractivity contribution in [2.45, 2.75) is 13.8 Å². The highest BCUT2D eigenvalue weighted by Crippen LogP contribution is 2.21. The molecule has 0 saturated heterocycles. The predicted molar refractivity (Wildman–Crippen MR) is 92.3 cm³/mol. The monoisotopic (exact) mass is 378 g/mol. The largest absolute Gasteiger partial charge is 0.454 e. The molecule has 22 heavy (non-hydrogen) atoms. The van der Waals surface area contributed by atoms with Gasteiger partial charge in [-0.1, -0.05) is 28.1 Å². The fraction of sp³-hybridized carbons (Fsp3) is 0.176. The Morgan fingerprint density at radius 3 is 2.68 bits per heavy atom. The molecule has 0 spiro atoms. The van der Waals surface area contributed by atoms with Gasteiger partial charge in [-0.25, -0.2) is 4.79 Å². The van der Waals surface area contributed by atoms with Gasteiger partial charge in [-0.2, -0.15) is 0 Å². The van der Waals surface area contributed by atoms with E-state index >= 15 is 0 Å². The lowest BCUT2D eigenvalue weighted by Gasteiger charge is -2.01. The molecule has 0 N–H and O–H groups in total. The lowest BCUT2D eigenvalue weighted by molar-refractivity contribution is -0.136. The van der Waals surface area contributed by atoms with Gasteiger partial charge in [-0.05, 0) is 43.7 Å². The van der Waals surface area contributed by atoms with E-state index in [-0.39, 0.29) is 12.4 Å². The van der Waals surface area contributed by atoms with Crippen LogP contribution in [-0.4, -0.2) is 18.4 Å². The fourth-order valence-electron chi connectivity index (χ4n) is 1.94. The van der Waals surface area contributed by atoms with E-state index in [2.05, 4.69) is 15.9 Å². The number of hydrogen-bond donors (Lipinski definition) is 0. The number of hydrogen-bond acceptors (Lipinski definition) is 4. The molecule has 5 heteroatoms. The standard InChI is InChI=1S/C17H15BrO3S/c1-11-8-15(12(2)22-11)16(19)10-21-17(20)7-6-13-4-3-5-14(18)9-13/h3-9H,10H2,1-2H3/b7-6+. The maximum atomic E-state index is 12.0. The van der Waals surface area contributed by atoms with Crippen LogP contribution in [0.2, 0.25) is 0 Å². The van der Waals surface area contributed by atoms with Crippen LogP contribution in [-0.2, 0) is 9.53 Å². The number of carbonyl (C=O) groups excluding carboxylic acids is 2. The maximum Gasteiger partial charge on any atom is 0.331 e. The van der Waals surface area contributed by atoms with Crippen LogP contribution >= 0.6 is 27.3 Å². The Morgan fingerprint density at radius 2 is 2.05 bits per heavy atom. The van der Waals surface area contributed by atoms with Crippen LogP contribution in [0.25, 0.3) is 6.08 Å². The van der Waals surface area contributed by atoms with Crippen molar-refractivity contribution in [2.75, 3.05) is 6.61 Å². The zero-order valence-electron chi connectivity index (χ0n) is 12.3. The van der Waals surface area contributed by atoms with E-state index in [0.717, 1.165) is 19.8 Å². The van der Waals surface area contributed by atoms with Crippen LogP contribution < -0.4 is 0 Å². The normalized spacial score (nSPS) is 10.9. The summed E-state index contributed by atoms with van der Waals surface area (Å²) in [7, 11) is 0. The second kappa shape index (κ2) is 7.51. The molecule has 0 saturated carbocycles. The molecular weight excluding hydrogens is 364 g/mol. The van der Waals surface area contributed by atoms with E-state index in [0.29, 0.717) is 5.56 Å². The number of aryl methyl sites for hydroxylation is 2. The second-order valence-corrected chi connectivity index (χ2v) is 7.12. The van der Waals surface area contributed by atoms with E-state index in [4.69, 9.17) is 4.74 Å². The Morgan fingerprint density at radius 1 is 1.27 bits per heavy atom. The molecule has 0 aliphatic carbocycles. The summed E-state index contributed by atoms with van der Waals surface area (Å²) in [5.74, 6) is -0.705. The molecule has 0 radical (unpaired) electrons. The average molecular weight is 379 g/mol. The molecule has 114 valence electrons. The first kappa shape index (κ1) is 16.6. The summed E-state index contributed by atoms with van der Waals surface area (Å²) in [5.41, 5.74) is 1.51. The first-order valence-electron chi connectivity index (χ1n) is 6.66. The number of ketones is 1. The SMILES string of the molecule is Cc1cc(C(=O)COC(=O)/C=C/c2cccc(Br)c2)c(C)s1. The number of ether oxygens (including phenoxy) is 1. The zero-order valence-corrected chi connectivity index (χ0v) is 14.7. The molecular formula is C17H15BrO3S. The number of rotatable bonds is 5. The molecule has 2 aromatic rings. The highest BCUT2D eigenvalue weighted by atomic mass is 79.9. The Balaban J connectivity index is 1.90. The van der Waals surface area contributed by atoms with Gasteiger partial charge >= 0.3 is 5.97 Å². The topological polar surface area (TPSA) is 43.4 Å². The lowest BCUT2D eigenvalue weighted by atomic mass is 10.2. The fourth-order valence-corrected chi connectivity index (χ4v) is 3.30. The summed E-state index contributed by atoms with van der Waals surface area (Å²) in [5, 5.41) is 0. The lowest BCUT2D eigenvalue weighted by Crippen LogP contribution is -2.12. The van der Waals surface area contributed by atoms with Crippen molar-refractivity contribution in [2.24, 2.45) is 0 Å². The van der Waals surface area contributed by atoms with Crippen molar-refractivity contribution in [1.29, 1.82) is 0 Å². The summed E-state index contributed by atoms with van der Waals surface area (Å²) < 4.78 is 5.92. The predicted octanol–water partition coefficient (Wildman–Crippen LogP) is 4.57. The van der Waals surface area contributed by atoms with Gasteiger partial charge in [-0.15, -0.1) is 11.3 Å². The van der Waals surface area contributed by atoms with E-state index in [1.54, 1.807) is 17.4 Å². The van der Waals surface area contributed by atoms with E-state index in [9.17, 15) is 9.59 Å². The van der Waals surface area contributed by atoms with E-state index in [1.807, 2.05) is 44.2 Å². The number of halogens is 1. The van der Waals surface area contributed by atoms with Crippen molar-refractivity contribution in [1.82, 2.24) is 0 Å². The van der Waals surface area contributed by atoms with Crippen molar-refractivity contribution < 1.29 is 14.3 Å². The molecule has 0 aliphatic rings. The van der Waals surface area contributed by atoms with Gasteiger partial charge in [0.05, 0.1) is 0 Å². The molecule has 0 unspecified atom stereocenters. The third-order valence-corrected chi connectivity index (χ3v) is 4.41. The minimum absolute atomic E-state index is 0.175. The molecule has 0 fully saturated rings. The Bertz CT molecular complexity index is 731. The third kappa shape index (κ3) is 4.64. The maximum absolute atomic E-state index is 12.0. The quantitative estimate of drug-likeness (QED) is 0.434. The summed E-state index contributed by atoms with van der Waals surface area (Å²) in [6, 6.07) is 9.36. The Labute approximate surface area is 141 Å². The van der Waals surface area contributed by atoms with Gasteiger partial charge in [0.1, 0.15) is 0 Å². The molecule has 1 aromatic heterocycles. The van der Waals surface area contributed by atoms with Crippen LogP contribution in [0, 0.1) is 13.8 Å². The number of Topliss-reactive ketones (excluding diaryl/α,β-unsaturated/α-hetero) is 1. The summed E-state index contributed by atoms with van der Waals surface area (Å²) >= 11 is 4.92. The molecule has 0 amide bonds. The Kier molecular flexibility index (Phi) is 5.69. The van der Waals surface area contributed by atoms with Crippen molar-refractivity contribution >= 4 is 45.1 Å². The van der Waals surface area contributed by atoms with Crippen LogP contribution in [0.5, 0.6) is 0 Å². The summed E-state index contributed by atoms with van der Waals surface area (Å²) in [6.07, 6.45) is 2.97. The molecule has 3 nitrogen and oxygen atoms in total. The summed E-state index contributed by atoms with van der Waals surface area (Å²) in [6.45, 7) is 3.60. The highest BCUT2D eigenvalue weighted by molar-refractivity contribution is 9.10. The van der Waals surface area contributed by atoms with Crippen molar-refractivity contribution in [3.05, 3.63) is 61.8 Å². The molecule has 1 aromatic carbocycles. The summed E-state index contributed by atoms with van der Waals surface area (Å²) in [4.78, 5) is 25.7. The third-order valence-electron chi connectivity index (χ3n) is 2.95. The van der Waals surface area contributed by atoms with Crippen LogP contribution in [0.4, 0.5) is 0 Å². The number of carbonyl (C=O) groups is 2. The average Bonchev–Trinajstić information content (AvgIpc) is 2.81. The molecule has 2 rings (SSSR count). The van der Waals surface area contributed by atoms with E-state index < -0.39 is 5.97 Å². The van der Waals surface area contributed by atoms with Crippen molar-refractivity contribution in [3.8, 4) is 0 Å². The second-order valence-electron chi connectivity index (χ2n) is 4.75. The first-order valence-corrected chi connectivity index (χ1v) is 8.27. The van der Waals surface area contributed by atoms with E-state index in [1.165, 1.54) is 6.08 Å². The van der Waals surface area contributed by atoms with Gasteiger partial charge in [-0.3, -0.25) is 4.79 Å². The van der Waals surface area contributed by atoms with Gasteiger partial charge in [0.15, 0.2) is 6.61 Å². The highest BCUT2D eigenvalue weighted by Gasteiger charge is 2.13. The number of thiophene rings is 1. The molecule has 0 atom stereocenters. The number of benzene rings is 1. The zero-order chi connectivity index (χ0) is 16.1. The van der Waals surface area contributed by atoms with Gasteiger partial charge in [0.2, 0.25) is 5.78 Å². The minimum Gasteiger partial charge on any atom is -0.454 e. The Hall–Kier alpha value is -1.72. The molecule has 1 heterocycles. The van der Waals surface area contributed by atoms with Crippen LogP contribution in [0.3, 0.4) is 0 Å². The smallest absolute Gasteiger partial charge is 0.331 e. The first-order chi connectivity index (χ1) is 10.5. The minimum atomic E-state index is -0.530. The number of esters is 1. The van der Waals surface area contributed by atoms with Crippen LogP contribution in [0.15, 0.2) is 40.9 Å².